The Kier molecular flexibility index (Phi) is 5.06. The molecule has 5 nitrogen and oxygen atoms in total. The van der Waals surface area contributed by atoms with Crippen LogP contribution in [0.25, 0.3) is 11.5 Å². The lowest BCUT2D eigenvalue weighted by Crippen LogP contribution is -2.17. The zero-order valence-electron chi connectivity index (χ0n) is 14.4. The Labute approximate surface area is 146 Å². The molecule has 3 rings (SSSR count). The molecule has 0 atom stereocenters. The van der Waals surface area contributed by atoms with Crippen molar-refractivity contribution >= 4 is 11.8 Å². The first-order valence-electron chi connectivity index (χ1n) is 7.76. The van der Waals surface area contributed by atoms with Crippen molar-refractivity contribution in [2.24, 2.45) is 0 Å². The molecule has 3 aromatic rings. The van der Waals surface area contributed by atoms with Gasteiger partial charge in [0.05, 0.1) is 12.1 Å². The highest BCUT2D eigenvalue weighted by Crippen LogP contribution is 2.25. The molecule has 1 aromatic carbocycles. The van der Waals surface area contributed by atoms with Gasteiger partial charge in [-0.1, -0.05) is 12.1 Å². The lowest BCUT2D eigenvalue weighted by molar-refractivity contribution is 0.282. The standard InChI is InChI=1S/C18H21N3O2S/c1-12-9-16(13(2)22-12)18-20-19-17(23-18)11-21(3)10-14-5-7-15(24-4)8-6-14/h5-9H,10-11H2,1-4H3. The highest BCUT2D eigenvalue weighted by Gasteiger charge is 2.15. The largest absolute Gasteiger partial charge is 0.466 e. The summed E-state index contributed by atoms with van der Waals surface area (Å²) in [5.41, 5.74) is 2.12. The van der Waals surface area contributed by atoms with Crippen LogP contribution in [0, 0.1) is 13.8 Å². The van der Waals surface area contributed by atoms with Crippen LogP contribution in [0.5, 0.6) is 0 Å². The molecule has 0 saturated heterocycles. The number of hydrogen-bond donors (Lipinski definition) is 0. The van der Waals surface area contributed by atoms with Gasteiger partial charge in [-0.05, 0) is 50.9 Å². The lowest BCUT2D eigenvalue weighted by Gasteiger charge is -2.14. The van der Waals surface area contributed by atoms with E-state index in [0.29, 0.717) is 18.3 Å². The van der Waals surface area contributed by atoms with Crippen LogP contribution in [0.1, 0.15) is 23.0 Å². The molecule has 0 aliphatic heterocycles. The van der Waals surface area contributed by atoms with E-state index in [4.69, 9.17) is 8.83 Å². The molecule has 0 amide bonds. The molecule has 0 N–H and O–H groups in total. The molecule has 0 unspecified atom stereocenters. The predicted molar refractivity (Wildman–Crippen MR) is 94.9 cm³/mol. The molecule has 2 heterocycles. The maximum absolute atomic E-state index is 5.78. The third-order valence-corrected chi connectivity index (χ3v) is 4.50. The number of thioether (sulfide) groups is 1. The van der Waals surface area contributed by atoms with Crippen molar-refractivity contribution < 1.29 is 8.83 Å². The molecule has 0 aliphatic rings. The van der Waals surface area contributed by atoms with Gasteiger partial charge in [0.25, 0.3) is 5.89 Å². The summed E-state index contributed by atoms with van der Waals surface area (Å²) in [5, 5.41) is 8.29. The van der Waals surface area contributed by atoms with Gasteiger partial charge < -0.3 is 8.83 Å². The van der Waals surface area contributed by atoms with E-state index in [-0.39, 0.29) is 0 Å². The number of furan rings is 1. The quantitative estimate of drug-likeness (QED) is 0.622. The van der Waals surface area contributed by atoms with Crippen LogP contribution in [0.3, 0.4) is 0 Å². The zero-order chi connectivity index (χ0) is 17.1. The SMILES string of the molecule is CSc1ccc(CN(C)Cc2nnc(-c3cc(C)oc3C)o2)cc1. The second kappa shape index (κ2) is 7.23. The van der Waals surface area contributed by atoms with E-state index >= 15 is 0 Å². The van der Waals surface area contributed by atoms with Crippen molar-refractivity contribution in [3.8, 4) is 11.5 Å². The van der Waals surface area contributed by atoms with Gasteiger partial charge in [0.2, 0.25) is 5.89 Å². The van der Waals surface area contributed by atoms with Crippen LogP contribution >= 0.6 is 11.8 Å². The van der Waals surface area contributed by atoms with Crippen molar-refractivity contribution in [3.63, 3.8) is 0 Å². The smallest absolute Gasteiger partial charge is 0.251 e. The fourth-order valence-corrected chi connectivity index (χ4v) is 3.01. The van der Waals surface area contributed by atoms with Crippen LogP contribution in [0.2, 0.25) is 0 Å². The Balaban J connectivity index is 1.64. The number of rotatable bonds is 6. The minimum absolute atomic E-state index is 0.511. The molecule has 0 saturated carbocycles. The van der Waals surface area contributed by atoms with Crippen molar-refractivity contribution in [2.75, 3.05) is 13.3 Å². The van der Waals surface area contributed by atoms with Gasteiger partial charge in [0.1, 0.15) is 11.5 Å². The minimum atomic E-state index is 0.511. The zero-order valence-corrected chi connectivity index (χ0v) is 15.2. The Hall–Kier alpha value is -2.05. The number of aryl methyl sites for hydroxylation is 2. The van der Waals surface area contributed by atoms with Gasteiger partial charge in [-0.3, -0.25) is 4.90 Å². The first kappa shape index (κ1) is 16.8. The summed E-state index contributed by atoms with van der Waals surface area (Å²) < 4.78 is 11.3. The highest BCUT2D eigenvalue weighted by atomic mass is 32.2. The third kappa shape index (κ3) is 3.88. The highest BCUT2D eigenvalue weighted by molar-refractivity contribution is 7.98. The predicted octanol–water partition coefficient (Wildman–Crippen LogP) is 4.30. The van der Waals surface area contributed by atoms with Crippen LogP contribution < -0.4 is 0 Å². The fraction of sp³-hybridized carbons (Fsp3) is 0.333. The monoisotopic (exact) mass is 343 g/mol. The molecule has 6 heteroatoms. The van der Waals surface area contributed by atoms with Crippen molar-refractivity contribution in [1.29, 1.82) is 0 Å². The van der Waals surface area contributed by atoms with Gasteiger partial charge in [-0.25, -0.2) is 0 Å². The molecule has 2 aromatic heterocycles. The van der Waals surface area contributed by atoms with Crippen LogP contribution in [0.15, 0.2) is 44.1 Å². The molecule has 126 valence electrons. The van der Waals surface area contributed by atoms with Gasteiger partial charge in [0, 0.05) is 11.4 Å². The normalized spacial score (nSPS) is 11.4. The summed E-state index contributed by atoms with van der Waals surface area (Å²) in [4.78, 5) is 3.42. The van der Waals surface area contributed by atoms with E-state index in [9.17, 15) is 0 Å². The molecular weight excluding hydrogens is 322 g/mol. The van der Waals surface area contributed by atoms with Crippen LogP contribution in [0.4, 0.5) is 0 Å². The average Bonchev–Trinajstić information content (AvgIpc) is 3.14. The number of nitrogens with zero attached hydrogens (tertiary/aromatic N) is 3. The second-order valence-corrected chi connectivity index (χ2v) is 6.73. The van der Waals surface area contributed by atoms with Crippen molar-refractivity contribution in [3.05, 3.63) is 53.3 Å². The summed E-state index contributed by atoms with van der Waals surface area (Å²) in [7, 11) is 2.04. The number of aromatic nitrogens is 2. The van der Waals surface area contributed by atoms with Crippen LogP contribution in [-0.4, -0.2) is 28.4 Å². The van der Waals surface area contributed by atoms with E-state index in [2.05, 4.69) is 45.6 Å². The molecule has 0 radical (unpaired) electrons. The lowest BCUT2D eigenvalue weighted by atomic mass is 10.2. The molecule has 0 aliphatic carbocycles. The third-order valence-electron chi connectivity index (χ3n) is 3.75. The first-order chi connectivity index (χ1) is 11.5. The van der Waals surface area contributed by atoms with E-state index < -0.39 is 0 Å². The van der Waals surface area contributed by atoms with E-state index in [1.165, 1.54) is 10.5 Å². The van der Waals surface area contributed by atoms with E-state index in [1.54, 1.807) is 11.8 Å². The van der Waals surface area contributed by atoms with Gasteiger partial charge in [-0.15, -0.1) is 22.0 Å². The summed E-state index contributed by atoms with van der Waals surface area (Å²) >= 11 is 1.75. The number of hydrogen-bond acceptors (Lipinski definition) is 6. The Bertz CT molecular complexity index is 808. The van der Waals surface area contributed by atoms with Crippen molar-refractivity contribution in [1.82, 2.24) is 15.1 Å². The minimum Gasteiger partial charge on any atom is -0.466 e. The van der Waals surface area contributed by atoms with Crippen molar-refractivity contribution in [2.45, 2.75) is 31.8 Å². The summed E-state index contributed by atoms with van der Waals surface area (Å²) in [5.74, 6) is 2.75. The summed E-state index contributed by atoms with van der Waals surface area (Å²) in [6, 6.07) is 10.5. The average molecular weight is 343 g/mol. The molecule has 0 spiro atoms. The topological polar surface area (TPSA) is 55.3 Å². The Morgan fingerprint density at radius 2 is 1.79 bits per heavy atom. The van der Waals surface area contributed by atoms with E-state index in [1.807, 2.05) is 27.0 Å². The van der Waals surface area contributed by atoms with Gasteiger partial charge in [0.15, 0.2) is 0 Å². The maximum atomic E-state index is 5.78. The molecule has 0 fully saturated rings. The fourth-order valence-electron chi connectivity index (χ4n) is 2.60. The molecule has 0 bridgehead atoms. The first-order valence-corrected chi connectivity index (χ1v) is 8.99. The molecule has 24 heavy (non-hydrogen) atoms. The van der Waals surface area contributed by atoms with Gasteiger partial charge in [-0.2, -0.15) is 0 Å². The number of benzene rings is 1. The summed E-state index contributed by atoms with van der Waals surface area (Å²) in [6.45, 7) is 5.24. The second-order valence-electron chi connectivity index (χ2n) is 5.85. The Morgan fingerprint density at radius 3 is 2.42 bits per heavy atom. The van der Waals surface area contributed by atoms with Gasteiger partial charge >= 0.3 is 0 Å². The van der Waals surface area contributed by atoms with E-state index in [0.717, 1.165) is 23.6 Å². The molecular formula is C18H21N3O2S. The Morgan fingerprint density at radius 1 is 1.04 bits per heavy atom. The maximum Gasteiger partial charge on any atom is 0.251 e. The van der Waals surface area contributed by atoms with Crippen LogP contribution in [-0.2, 0) is 13.1 Å². The summed E-state index contributed by atoms with van der Waals surface area (Å²) in [6.07, 6.45) is 2.08.